The van der Waals surface area contributed by atoms with Crippen LogP contribution in [0.2, 0.25) is 0 Å². The van der Waals surface area contributed by atoms with Crippen LogP contribution in [0.5, 0.6) is 17.2 Å². The van der Waals surface area contributed by atoms with E-state index in [0.29, 0.717) is 11.3 Å². The number of nitrogens with zero attached hydrogens (tertiary/aromatic N) is 1. The number of phenols is 1. The van der Waals surface area contributed by atoms with Gasteiger partial charge in [-0.1, -0.05) is 18.2 Å². The molecule has 2 aromatic rings. The van der Waals surface area contributed by atoms with Crippen LogP contribution in [-0.4, -0.2) is 37.6 Å². The first-order chi connectivity index (χ1) is 12.9. The van der Waals surface area contributed by atoms with Crippen molar-refractivity contribution in [2.45, 2.75) is 32.4 Å². The molecule has 0 aliphatic heterocycles. The average molecular weight is 371 g/mol. The predicted octanol–water partition coefficient (Wildman–Crippen LogP) is 3.91. The lowest BCUT2D eigenvalue weighted by Crippen LogP contribution is -2.14. The number of methoxy groups -OCH3 is 2. The van der Waals surface area contributed by atoms with Crippen LogP contribution in [0.25, 0.3) is 0 Å². The summed E-state index contributed by atoms with van der Waals surface area (Å²) in [4.78, 5) is 16.7. The first kappa shape index (κ1) is 20.3. The van der Waals surface area contributed by atoms with Gasteiger partial charge in [-0.15, -0.1) is 0 Å². The van der Waals surface area contributed by atoms with E-state index in [1.807, 2.05) is 24.3 Å². The summed E-state index contributed by atoms with van der Waals surface area (Å²) in [6.45, 7) is 3.61. The van der Waals surface area contributed by atoms with E-state index < -0.39 is 6.04 Å². The van der Waals surface area contributed by atoms with Gasteiger partial charge in [-0.05, 0) is 43.7 Å². The Balaban J connectivity index is 2.29. The predicted molar refractivity (Wildman–Crippen MR) is 104 cm³/mol. The minimum atomic E-state index is -0.451. The molecule has 144 valence electrons. The molecule has 27 heavy (non-hydrogen) atoms. The Morgan fingerprint density at radius 1 is 1.11 bits per heavy atom. The number of phenolic OH excluding ortho intramolecular Hbond substituents is 1. The summed E-state index contributed by atoms with van der Waals surface area (Å²) < 4.78 is 15.5. The van der Waals surface area contributed by atoms with E-state index in [1.165, 1.54) is 13.3 Å². The number of carbonyl (C=O) groups excluding carboxylic acids is 1. The summed E-state index contributed by atoms with van der Waals surface area (Å²) in [5.41, 5.74) is 1.35. The summed E-state index contributed by atoms with van der Waals surface area (Å²) in [5, 5.41) is 10.2. The highest BCUT2D eigenvalue weighted by molar-refractivity contribution is 5.85. The van der Waals surface area contributed by atoms with Gasteiger partial charge in [0.15, 0.2) is 11.5 Å². The fourth-order valence-corrected chi connectivity index (χ4v) is 2.53. The van der Waals surface area contributed by atoms with Gasteiger partial charge < -0.3 is 19.3 Å². The van der Waals surface area contributed by atoms with E-state index in [-0.39, 0.29) is 24.2 Å². The Kier molecular flexibility index (Phi) is 7.23. The van der Waals surface area contributed by atoms with Gasteiger partial charge in [0, 0.05) is 11.8 Å². The summed E-state index contributed by atoms with van der Waals surface area (Å²) in [6, 6.07) is 12.0. The molecule has 2 aromatic carbocycles. The topological polar surface area (TPSA) is 77.4 Å². The second-order valence-corrected chi connectivity index (χ2v) is 6.21. The molecular formula is C21H25NO5. The van der Waals surface area contributed by atoms with Crippen LogP contribution < -0.4 is 9.47 Å². The monoisotopic (exact) mass is 371 g/mol. The third-order valence-corrected chi connectivity index (χ3v) is 3.87. The zero-order valence-corrected chi connectivity index (χ0v) is 16.0. The summed E-state index contributed by atoms with van der Waals surface area (Å²) in [5.74, 6) is 0.746. The van der Waals surface area contributed by atoms with Gasteiger partial charge in [-0.2, -0.15) is 0 Å². The minimum Gasteiger partial charge on any atom is -0.504 e. The van der Waals surface area contributed by atoms with Crippen molar-refractivity contribution in [3.8, 4) is 17.2 Å². The third kappa shape index (κ3) is 5.74. The van der Waals surface area contributed by atoms with Crippen molar-refractivity contribution in [2.75, 3.05) is 14.2 Å². The lowest BCUT2D eigenvalue weighted by Gasteiger charge is -2.15. The maximum Gasteiger partial charge on any atom is 0.308 e. The second-order valence-electron chi connectivity index (χ2n) is 6.21. The molecule has 0 amide bonds. The number of aromatic hydroxyl groups is 1. The van der Waals surface area contributed by atoms with Crippen LogP contribution >= 0.6 is 0 Å². The molecule has 0 aliphatic carbocycles. The number of hydrogen-bond acceptors (Lipinski definition) is 6. The molecule has 6 heteroatoms. The van der Waals surface area contributed by atoms with Crippen LogP contribution in [0, 0.1) is 0 Å². The Morgan fingerprint density at radius 2 is 1.81 bits per heavy atom. The highest BCUT2D eigenvalue weighted by Crippen LogP contribution is 2.29. The average Bonchev–Trinajstić information content (AvgIpc) is 2.65. The fourth-order valence-electron chi connectivity index (χ4n) is 2.53. The fraction of sp³-hybridized carbons (Fsp3) is 0.333. The highest BCUT2D eigenvalue weighted by Gasteiger charge is 2.17. The van der Waals surface area contributed by atoms with Gasteiger partial charge in [0.25, 0.3) is 0 Å². The first-order valence-corrected chi connectivity index (χ1v) is 8.67. The second kappa shape index (κ2) is 9.62. The van der Waals surface area contributed by atoms with E-state index in [1.54, 1.807) is 39.2 Å². The van der Waals surface area contributed by atoms with Gasteiger partial charge in [-0.25, -0.2) is 0 Å². The molecule has 0 aromatic heterocycles. The van der Waals surface area contributed by atoms with Crippen LogP contribution in [0.1, 0.15) is 37.4 Å². The zero-order valence-electron chi connectivity index (χ0n) is 16.0. The van der Waals surface area contributed by atoms with Gasteiger partial charge in [0.1, 0.15) is 5.75 Å². The van der Waals surface area contributed by atoms with Crippen LogP contribution in [0.4, 0.5) is 0 Å². The number of ether oxygens (including phenoxy) is 3. The van der Waals surface area contributed by atoms with E-state index in [2.05, 4.69) is 4.99 Å². The Morgan fingerprint density at radius 3 is 2.41 bits per heavy atom. The molecule has 2 rings (SSSR count). The number of para-hydroxylation sites is 1. The lowest BCUT2D eigenvalue weighted by atomic mass is 10.0. The maximum absolute atomic E-state index is 12.1. The van der Waals surface area contributed by atoms with Crippen molar-refractivity contribution in [3.63, 3.8) is 0 Å². The molecule has 1 N–H and O–H groups in total. The Hall–Kier alpha value is -3.02. The Bertz CT molecular complexity index is 784. The lowest BCUT2D eigenvalue weighted by molar-refractivity contribution is -0.147. The van der Waals surface area contributed by atoms with Crippen molar-refractivity contribution >= 4 is 12.2 Å². The molecule has 1 atom stereocenters. The largest absolute Gasteiger partial charge is 0.504 e. The van der Waals surface area contributed by atoms with Crippen molar-refractivity contribution in [3.05, 3.63) is 53.6 Å². The maximum atomic E-state index is 12.1. The number of hydrogen-bond donors (Lipinski definition) is 1. The SMILES string of the molecule is COc1ccc([C@@H](CC(=O)OC(C)C)N=Cc2cccc(OC)c2O)cc1. The molecule has 0 bridgehead atoms. The molecule has 0 radical (unpaired) electrons. The standard InChI is InChI=1S/C21H25NO5/c1-14(2)27-20(23)12-18(15-8-10-17(25-3)11-9-15)22-13-16-6-5-7-19(26-4)21(16)24/h5-11,13-14,18,24H,12H2,1-4H3/t18-/m1/s1. The summed E-state index contributed by atoms with van der Waals surface area (Å²) >= 11 is 0. The van der Waals surface area contributed by atoms with Gasteiger partial charge in [0.05, 0.1) is 32.8 Å². The molecule has 0 fully saturated rings. The van der Waals surface area contributed by atoms with Gasteiger partial charge in [-0.3, -0.25) is 9.79 Å². The van der Waals surface area contributed by atoms with Crippen molar-refractivity contribution < 1.29 is 24.1 Å². The molecule has 0 aliphatic rings. The third-order valence-electron chi connectivity index (χ3n) is 3.87. The molecular weight excluding hydrogens is 346 g/mol. The summed E-state index contributed by atoms with van der Waals surface area (Å²) in [6.07, 6.45) is 1.43. The smallest absolute Gasteiger partial charge is 0.308 e. The van der Waals surface area contributed by atoms with Crippen LogP contribution in [0.15, 0.2) is 47.5 Å². The van der Waals surface area contributed by atoms with Gasteiger partial charge in [0.2, 0.25) is 0 Å². The quantitative estimate of drug-likeness (QED) is 0.562. The zero-order chi connectivity index (χ0) is 19.8. The number of benzene rings is 2. The summed E-state index contributed by atoms with van der Waals surface area (Å²) in [7, 11) is 3.08. The van der Waals surface area contributed by atoms with E-state index in [9.17, 15) is 9.90 Å². The van der Waals surface area contributed by atoms with E-state index >= 15 is 0 Å². The van der Waals surface area contributed by atoms with Crippen molar-refractivity contribution in [1.82, 2.24) is 0 Å². The van der Waals surface area contributed by atoms with Gasteiger partial charge >= 0.3 is 5.97 Å². The minimum absolute atomic E-state index is 0.00184. The Labute approximate surface area is 159 Å². The van der Waals surface area contributed by atoms with E-state index in [4.69, 9.17) is 14.2 Å². The van der Waals surface area contributed by atoms with Crippen molar-refractivity contribution in [1.29, 1.82) is 0 Å². The molecule has 0 heterocycles. The normalized spacial score (nSPS) is 12.2. The number of esters is 1. The molecule has 0 unspecified atom stereocenters. The van der Waals surface area contributed by atoms with Crippen LogP contribution in [-0.2, 0) is 9.53 Å². The molecule has 0 spiro atoms. The van der Waals surface area contributed by atoms with E-state index in [0.717, 1.165) is 11.3 Å². The first-order valence-electron chi connectivity index (χ1n) is 8.67. The molecule has 0 saturated carbocycles. The molecule has 6 nitrogen and oxygen atoms in total. The van der Waals surface area contributed by atoms with Crippen molar-refractivity contribution in [2.24, 2.45) is 4.99 Å². The number of aliphatic imine (C=N–C) groups is 1. The number of carbonyl (C=O) groups is 1. The van der Waals surface area contributed by atoms with Crippen LogP contribution in [0.3, 0.4) is 0 Å². The highest BCUT2D eigenvalue weighted by atomic mass is 16.5. The molecule has 0 saturated heterocycles. The number of rotatable bonds is 8.